The smallest absolute Gasteiger partial charge is 0.315 e. The number of rotatable bonds is 2. The third-order valence-electron chi connectivity index (χ3n) is 3.63. The Labute approximate surface area is 125 Å². The number of anilines is 1. The van der Waals surface area contributed by atoms with Crippen molar-refractivity contribution in [1.82, 2.24) is 10.3 Å². The van der Waals surface area contributed by atoms with Gasteiger partial charge < -0.3 is 10.6 Å². The van der Waals surface area contributed by atoms with Gasteiger partial charge in [0.25, 0.3) is 0 Å². The van der Waals surface area contributed by atoms with Crippen molar-refractivity contribution in [2.24, 2.45) is 5.41 Å². The molecule has 0 aromatic carbocycles. The molecule has 8 heteroatoms. The molecule has 1 fully saturated rings. The van der Waals surface area contributed by atoms with Gasteiger partial charge in [0.15, 0.2) is 10.5 Å². The van der Waals surface area contributed by atoms with Gasteiger partial charge in [0, 0.05) is 17.3 Å². The van der Waals surface area contributed by atoms with Crippen molar-refractivity contribution in [3.8, 4) is 0 Å². The number of hydrogen-bond acceptors (Lipinski definition) is 4. The zero-order valence-corrected chi connectivity index (χ0v) is 12.9. The van der Waals surface area contributed by atoms with Crippen molar-refractivity contribution < 1.29 is 18.0 Å². The summed E-state index contributed by atoms with van der Waals surface area (Å²) in [6.45, 7) is 5.64. The normalized spacial score (nSPS) is 23.3. The molecule has 0 aliphatic carbocycles. The molecule has 118 valence electrons. The Morgan fingerprint density at radius 3 is 2.52 bits per heavy atom. The lowest BCUT2D eigenvalue weighted by Gasteiger charge is -2.28. The zero-order chi connectivity index (χ0) is 15.9. The van der Waals surface area contributed by atoms with Gasteiger partial charge in [0.05, 0.1) is 5.69 Å². The SMILES string of the molecule is CC(C)(C)c1csc(NC(=O)C2(C(F)(F)F)CCNC2)n1. The van der Waals surface area contributed by atoms with Gasteiger partial charge in [-0.2, -0.15) is 13.2 Å². The van der Waals surface area contributed by atoms with Crippen molar-refractivity contribution in [3.05, 3.63) is 11.1 Å². The first-order chi connectivity index (χ1) is 9.56. The van der Waals surface area contributed by atoms with E-state index in [0.29, 0.717) is 0 Å². The van der Waals surface area contributed by atoms with E-state index in [1.807, 2.05) is 20.8 Å². The number of carbonyl (C=O) groups excluding carboxylic acids is 1. The molecule has 2 heterocycles. The van der Waals surface area contributed by atoms with Crippen LogP contribution in [0.25, 0.3) is 0 Å². The fraction of sp³-hybridized carbons (Fsp3) is 0.692. The van der Waals surface area contributed by atoms with Crippen LogP contribution in [0.1, 0.15) is 32.9 Å². The summed E-state index contributed by atoms with van der Waals surface area (Å²) >= 11 is 1.14. The zero-order valence-electron chi connectivity index (χ0n) is 12.1. The van der Waals surface area contributed by atoms with Gasteiger partial charge in [0.2, 0.25) is 5.91 Å². The Morgan fingerprint density at radius 1 is 1.43 bits per heavy atom. The molecule has 0 spiro atoms. The highest BCUT2D eigenvalue weighted by Gasteiger charge is 2.61. The Bertz CT molecular complexity index is 527. The number of carbonyl (C=O) groups is 1. The second-order valence-electron chi connectivity index (χ2n) is 6.25. The number of nitrogens with one attached hydrogen (secondary N) is 2. The van der Waals surface area contributed by atoms with E-state index in [0.717, 1.165) is 17.0 Å². The molecule has 1 aromatic rings. The standard InChI is InChI=1S/C13H18F3N3OS/c1-11(2,3)8-6-21-10(18-8)19-9(20)12(13(14,15)16)4-5-17-7-12/h6,17H,4-5,7H2,1-3H3,(H,18,19,20). The molecule has 0 radical (unpaired) electrons. The van der Waals surface area contributed by atoms with Gasteiger partial charge in [0.1, 0.15) is 0 Å². The lowest BCUT2D eigenvalue weighted by Crippen LogP contribution is -2.49. The highest BCUT2D eigenvalue weighted by molar-refractivity contribution is 7.14. The maximum absolute atomic E-state index is 13.2. The van der Waals surface area contributed by atoms with Crippen molar-refractivity contribution in [2.75, 3.05) is 18.4 Å². The van der Waals surface area contributed by atoms with Crippen molar-refractivity contribution in [2.45, 2.75) is 38.8 Å². The summed E-state index contributed by atoms with van der Waals surface area (Å²) in [6.07, 6.45) is -4.83. The third-order valence-corrected chi connectivity index (χ3v) is 4.38. The first-order valence-electron chi connectivity index (χ1n) is 6.61. The molecular formula is C13H18F3N3OS. The number of amides is 1. The lowest BCUT2D eigenvalue weighted by atomic mass is 9.85. The average Bonchev–Trinajstić information content (AvgIpc) is 2.95. The van der Waals surface area contributed by atoms with E-state index in [4.69, 9.17) is 0 Å². The van der Waals surface area contributed by atoms with Crippen LogP contribution in [-0.4, -0.2) is 30.2 Å². The molecule has 0 saturated carbocycles. The van der Waals surface area contributed by atoms with Crippen molar-refractivity contribution in [3.63, 3.8) is 0 Å². The summed E-state index contributed by atoms with van der Waals surface area (Å²) in [4.78, 5) is 16.3. The fourth-order valence-electron chi connectivity index (χ4n) is 2.15. The van der Waals surface area contributed by atoms with E-state index in [2.05, 4.69) is 15.6 Å². The minimum atomic E-state index is -4.58. The lowest BCUT2D eigenvalue weighted by molar-refractivity contribution is -0.213. The molecule has 4 nitrogen and oxygen atoms in total. The molecule has 2 rings (SSSR count). The molecule has 1 aromatic heterocycles. The number of nitrogens with zero attached hydrogens (tertiary/aromatic N) is 1. The first-order valence-corrected chi connectivity index (χ1v) is 7.49. The molecule has 1 unspecified atom stereocenters. The van der Waals surface area contributed by atoms with Crippen LogP contribution in [0.3, 0.4) is 0 Å². The highest BCUT2D eigenvalue weighted by Crippen LogP contribution is 2.44. The van der Waals surface area contributed by atoms with Gasteiger partial charge in [-0.1, -0.05) is 20.8 Å². The summed E-state index contributed by atoms with van der Waals surface area (Å²) in [5, 5.41) is 6.91. The van der Waals surface area contributed by atoms with Crippen LogP contribution < -0.4 is 10.6 Å². The van der Waals surface area contributed by atoms with E-state index in [-0.39, 0.29) is 30.1 Å². The number of hydrogen-bond donors (Lipinski definition) is 2. The number of thiazole rings is 1. The third kappa shape index (κ3) is 3.06. The van der Waals surface area contributed by atoms with Gasteiger partial charge in [-0.25, -0.2) is 4.98 Å². The predicted octanol–water partition coefficient (Wildman–Crippen LogP) is 2.92. The van der Waals surface area contributed by atoms with Crippen molar-refractivity contribution in [1.29, 1.82) is 0 Å². The molecule has 0 bridgehead atoms. The minimum Gasteiger partial charge on any atom is -0.315 e. The quantitative estimate of drug-likeness (QED) is 0.880. The molecule has 21 heavy (non-hydrogen) atoms. The van der Waals surface area contributed by atoms with E-state index in [9.17, 15) is 18.0 Å². The van der Waals surface area contributed by atoms with Gasteiger partial charge in [-0.15, -0.1) is 11.3 Å². The topological polar surface area (TPSA) is 54.0 Å². The highest BCUT2D eigenvalue weighted by atomic mass is 32.1. The molecule has 1 saturated heterocycles. The largest absolute Gasteiger partial charge is 0.404 e. The summed E-state index contributed by atoms with van der Waals surface area (Å²) in [5.41, 5.74) is -1.83. The second-order valence-corrected chi connectivity index (χ2v) is 7.11. The maximum Gasteiger partial charge on any atom is 0.404 e. The molecule has 1 atom stereocenters. The molecule has 2 N–H and O–H groups in total. The fourth-order valence-corrected chi connectivity index (χ4v) is 3.08. The van der Waals surface area contributed by atoms with E-state index >= 15 is 0 Å². The van der Waals surface area contributed by atoms with E-state index < -0.39 is 17.5 Å². The second kappa shape index (κ2) is 5.24. The Morgan fingerprint density at radius 2 is 2.10 bits per heavy atom. The van der Waals surface area contributed by atoms with E-state index in [1.165, 1.54) is 0 Å². The molecular weight excluding hydrogens is 303 g/mol. The summed E-state index contributed by atoms with van der Waals surface area (Å²) in [7, 11) is 0. The summed E-state index contributed by atoms with van der Waals surface area (Å²) in [5.74, 6) is -1.03. The molecule has 1 aliphatic rings. The van der Waals surface area contributed by atoms with Crippen molar-refractivity contribution >= 4 is 22.4 Å². The van der Waals surface area contributed by atoms with Gasteiger partial charge >= 0.3 is 6.18 Å². The van der Waals surface area contributed by atoms with Crippen LogP contribution in [0.4, 0.5) is 18.3 Å². The van der Waals surface area contributed by atoms with Crippen LogP contribution in [0.2, 0.25) is 0 Å². The summed E-state index contributed by atoms with van der Waals surface area (Å²) < 4.78 is 39.7. The average molecular weight is 321 g/mol. The minimum absolute atomic E-state index is 0.179. The number of aromatic nitrogens is 1. The number of alkyl halides is 3. The van der Waals surface area contributed by atoms with Gasteiger partial charge in [-0.05, 0) is 13.0 Å². The van der Waals surface area contributed by atoms with Crippen LogP contribution in [0.5, 0.6) is 0 Å². The predicted molar refractivity (Wildman–Crippen MR) is 75.4 cm³/mol. The van der Waals surface area contributed by atoms with Gasteiger partial charge in [-0.3, -0.25) is 4.79 Å². The maximum atomic E-state index is 13.2. The Balaban J connectivity index is 2.19. The first kappa shape index (κ1) is 16.2. The van der Waals surface area contributed by atoms with Crippen LogP contribution >= 0.6 is 11.3 Å². The number of halogens is 3. The van der Waals surface area contributed by atoms with Crippen LogP contribution in [0, 0.1) is 5.41 Å². The molecule has 1 aliphatic heterocycles. The van der Waals surface area contributed by atoms with E-state index in [1.54, 1.807) is 5.38 Å². The van der Waals surface area contributed by atoms with Crippen LogP contribution in [-0.2, 0) is 10.2 Å². The molecule has 1 amide bonds. The Hall–Kier alpha value is -1.15. The Kier molecular flexibility index (Phi) is 4.05. The summed E-state index contributed by atoms with van der Waals surface area (Å²) in [6, 6.07) is 0. The monoisotopic (exact) mass is 321 g/mol. The van der Waals surface area contributed by atoms with Crippen LogP contribution in [0.15, 0.2) is 5.38 Å².